The fourth-order valence-electron chi connectivity index (χ4n) is 9.83. The average Bonchev–Trinajstić information content (AvgIpc) is 3.31. The molecule has 0 amide bonds. The van der Waals surface area contributed by atoms with E-state index in [1.165, 1.54) is 12.8 Å². The molecule has 5 fully saturated rings. The van der Waals surface area contributed by atoms with Crippen LogP contribution >= 0.6 is 17.0 Å². The van der Waals surface area contributed by atoms with Crippen molar-refractivity contribution in [2.45, 2.75) is 141 Å². The van der Waals surface area contributed by atoms with Gasteiger partial charge in [0.05, 0.1) is 0 Å². The summed E-state index contributed by atoms with van der Waals surface area (Å²) in [5.41, 5.74) is 1.64. The Kier molecular flexibility index (Phi) is 10.2. The predicted octanol–water partition coefficient (Wildman–Crippen LogP) is 10.5. The molecule has 0 aromatic rings. The molecule has 3 heteroatoms. The van der Waals surface area contributed by atoms with Gasteiger partial charge in [0, 0.05) is 0 Å². The topological polar surface area (TPSA) is 0 Å². The summed E-state index contributed by atoms with van der Waals surface area (Å²) in [6.45, 7) is 0. The Bertz CT molecular complexity index is 523. The molecule has 0 aromatic heterocycles. The normalized spacial score (nSPS) is 36.1. The molecule has 31 heavy (non-hydrogen) atoms. The summed E-state index contributed by atoms with van der Waals surface area (Å²) in [4.78, 5) is 0. The van der Waals surface area contributed by atoms with Crippen LogP contribution in [-0.2, 0) is 20.8 Å². The molecule has 0 N–H and O–H groups in total. The minimum atomic E-state index is -0.826. The average molecular weight is 547 g/mol. The number of fused-ring (bicyclic) bond motifs is 1. The molecule has 2 spiro atoms. The second-order valence-electron chi connectivity index (χ2n) is 12.3. The van der Waals surface area contributed by atoms with Crippen molar-refractivity contribution in [3.63, 3.8) is 0 Å². The van der Waals surface area contributed by atoms with Crippen molar-refractivity contribution in [1.82, 2.24) is 0 Å². The van der Waals surface area contributed by atoms with Crippen LogP contribution in [0, 0.1) is 34.5 Å². The first kappa shape index (κ1) is 25.6. The molecular weight excluding hydrogens is 498 g/mol. The molecule has 4 atom stereocenters. The Morgan fingerprint density at radius 1 is 0.613 bits per heavy atom. The van der Waals surface area contributed by atoms with Crippen LogP contribution in [0.5, 0.6) is 0 Å². The van der Waals surface area contributed by atoms with Crippen molar-refractivity contribution < 1.29 is 20.8 Å². The van der Waals surface area contributed by atoms with E-state index in [9.17, 15) is 0 Å². The van der Waals surface area contributed by atoms with Crippen LogP contribution in [0.4, 0.5) is 0 Å². The number of hydrogen-bond donors (Lipinski definition) is 0. The van der Waals surface area contributed by atoms with Gasteiger partial charge in [-0.15, -0.1) is 0 Å². The van der Waals surface area contributed by atoms with Gasteiger partial charge in [0.2, 0.25) is 0 Å². The zero-order valence-electron chi connectivity index (χ0n) is 20.1. The van der Waals surface area contributed by atoms with E-state index < -0.39 is 20.8 Å². The van der Waals surface area contributed by atoms with E-state index in [1.807, 2.05) is 0 Å². The van der Waals surface area contributed by atoms with Crippen molar-refractivity contribution in [2.75, 3.05) is 0 Å². The third-order valence-electron chi connectivity index (χ3n) is 11.0. The van der Waals surface area contributed by atoms with Crippen molar-refractivity contribution in [1.29, 1.82) is 0 Å². The molecule has 5 aliphatic carbocycles. The summed E-state index contributed by atoms with van der Waals surface area (Å²) in [5, 5.41) is 0. The van der Waals surface area contributed by atoms with E-state index in [4.69, 9.17) is 17.0 Å². The molecule has 4 unspecified atom stereocenters. The van der Waals surface area contributed by atoms with E-state index in [2.05, 4.69) is 0 Å². The second-order valence-corrected chi connectivity index (χ2v) is 16.0. The van der Waals surface area contributed by atoms with Gasteiger partial charge >= 0.3 is 37.9 Å². The molecule has 0 aromatic carbocycles. The maximum absolute atomic E-state index is 4.93. The summed E-state index contributed by atoms with van der Waals surface area (Å²) in [7, 11) is 9.87. The molecule has 0 bridgehead atoms. The Hall–Kier alpha value is 1.46. The third-order valence-corrected chi connectivity index (χ3v) is 11.0. The van der Waals surface area contributed by atoms with Crippen LogP contribution < -0.4 is 0 Å². The fraction of sp³-hybridized carbons (Fsp3) is 1.00. The van der Waals surface area contributed by atoms with E-state index in [-0.39, 0.29) is 0 Å². The van der Waals surface area contributed by atoms with Crippen molar-refractivity contribution >= 4 is 17.0 Å². The van der Waals surface area contributed by atoms with Gasteiger partial charge in [0.15, 0.2) is 0 Å². The van der Waals surface area contributed by atoms with Crippen LogP contribution in [0.1, 0.15) is 141 Å². The molecule has 5 saturated carbocycles. The van der Waals surface area contributed by atoms with Crippen molar-refractivity contribution in [2.24, 2.45) is 34.5 Å². The van der Waals surface area contributed by atoms with E-state index in [0.717, 1.165) is 34.5 Å². The zero-order chi connectivity index (χ0) is 21.6. The SMILES string of the molecule is C1CCC2(CC1)CCCC2CCCCC1C2CCCCC2CC12CCCCC2.[Cl][Zr][Cl]. The quantitative estimate of drug-likeness (QED) is 0.301. The first-order chi connectivity index (χ1) is 15.2. The summed E-state index contributed by atoms with van der Waals surface area (Å²) >= 11 is -0.826. The van der Waals surface area contributed by atoms with Gasteiger partial charge in [0.1, 0.15) is 0 Å². The number of halogens is 2. The van der Waals surface area contributed by atoms with Crippen LogP contribution in [0.3, 0.4) is 0 Å². The molecule has 0 heterocycles. The second kappa shape index (κ2) is 12.4. The molecule has 178 valence electrons. The van der Waals surface area contributed by atoms with E-state index >= 15 is 0 Å². The molecular formula is C28H48Cl2Zr. The van der Waals surface area contributed by atoms with E-state index in [1.54, 1.807) is 128 Å². The fourth-order valence-corrected chi connectivity index (χ4v) is 9.83. The monoisotopic (exact) mass is 544 g/mol. The van der Waals surface area contributed by atoms with E-state index in [0.29, 0.717) is 0 Å². The molecule has 5 aliphatic rings. The summed E-state index contributed by atoms with van der Waals surface area (Å²) in [6, 6.07) is 0. The zero-order valence-corrected chi connectivity index (χ0v) is 24.1. The van der Waals surface area contributed by atoms with Gasteiger partial charge in [0.25, 0.3) is 0 Å². The van der Waals surface area contributed by atoms with Gasteiger partial charge in [-0.2, -0.15) is 0 Å². The maximum atomic E-state index is 4.93. The first-order valence-corrected chi connectivity index (χ1v) is 20.5. The molecule has 0 saturated heterocycles. The summed E-state index contributed by atoms with van der Waals surface area (Å²) < 4.78 is 0. The molecule has 0 radical (unpaired) electrons. The Labute approximate surface area is 212 Å². The van der Waals surface area contributed by atoms with Crippen molar-refractivity contribution in [3.05, 3.63) is 0 Å². The molecule has 0 nitrogen and oxygen atoms in total. The standard InChI is InChI=1S/C28H48.2ClH.Zr/c1-7-17-27(18-8-1)21-11-14-24(27)13-4-6-16-26-25-15-5-3-12-23(25)22-28(26)19-9-2-10-20-28;;;/h23-26H,1-22H2;2*1H;/q;;;+2/p-2. The van der Waals surface area contributed by atoms with Crippen LogP contribution in [-0.4, -0.2) is 0 Å². The number of hydrogen-bond acceptors (Lipinski definition) is 0. The number of rotatable bonds is 5. The van der Waals surface area contributed by atoms with Crippen LogP contribution in [0.2, 0.25) is 0 Å². The first-order valence-electron chi connectivity index (χ1n) is 14.2. The predicted molar refractivity (Wildman–Crippen MR) is 132 cm³/mol. The van der Waals surface area contributed by atoms with Gasteiger partial charge in [-0.3, -0.25) is 0 Å². The Balaban J connectivity index is 0.000000730. The molecule has 5 rings (SSSR count). The van der Waals surface area contributed by atoms with Gasteiger partial charge < -0.3 is 0 Å². The Morgan fingerprint density at radius 2 is 1.19 bits per heavy atom. The third kappa shape index (κ3) is 6.00. The molecule has 0 aliphatic heterocycles. The van der Waals surface area contributed by atoms with Gasteiger partial charge in [-0.25, -0.2) is 0 Å². The summed E-state index contributed by atoms with van der Waals surface area (Å²) in [5.74, 6) is 4.52. The Morgan fingerprint density at radius 3 is 1.90 bits per heavy atom. The van der Waals surface area contributed by atoms with Crippen molar-refractivity contribution in [3.8, 4) is 0 Å². The van der Waals surface area contributed by atoms with Gasteiger partial charge in [-0.05, 0) is 98.7 Å². The van der Waals surface area contributed by atoms with Crippen LogP contribution in [0.25, 0.3) is 0 Å². The number of unbranched alkanes of at least 4 members (excludes halogenated alkanes) is 1. The summed E-state index contributed by atoms with van der Waals surface area (Å²) in [6.07, 6.45) is 34.7. The van der Waals surface area contributed by atoms with Gasteiger partial charge in [-0.1, -0.05) is 77.0 Å². The van der Waals surface area contributed by atoms with Crippen LogP contribution in [0.15, 0.2) is 0 Å². The minimum absolute atomic E-state index is 0.815.